The lowest BCUT2D eigenvalue weighted by atomic mass is 9.91. The summed E-state index contributed by atoms with van der Waals surface area (Å²) in [5.74, 6) is 1.56. The molecule has 0 aliphatic rings. The number of hydrogen-bond donors (Lipinski definition) is 1. The van der Waals surface area contributed by atoms with Gasteiger partial charge in [-0.3, -0.25) is 0 Å². The Balaban J connectivity index is 3.31. The minimum atomic E-state index is -0.100. The zero-order chi connectivity index (χ0) is 14.6. The first-order valence-electron chi connectivity index (χ1n) is 6.74. The van der Waals surface area contributed by atoms with Crippen LogP contribution < -0.4 is 5.32 Å². The first-order chi connectivity index (χ1) is 8.81. The third kappa shape index (κ3) is 4.14. The Morgan fingerprint density at radius 3 is 2.37 bits per heavy atom. The molecular formula is C14H24BrN3O. The van der Waals surface area contributed by atoms with Crippen molar-refractivity contribution in [2.24, 2.45) is 0 Å². The average Bonchev–Trinajstić information content (AvgIpc) is 2.30. The number of nitrogens with one attached hydrogen (secondary N) is 1. The number of rotatable bonds is 5. The van der Waals surface area contributed by atoms with Crippen LogP contribution in [0.1, 0.15) is 59.2 Å². The van der Waals surface area contributed by atoms with Crippen molar-refractivity contribution in [2.75, 3.05) is 18.5 Å². The minimum Gasteiger partial charge on any atom is -0.371 e. The molecule has 0 spiro atoms. The van der Waals surface area contributed by atoms with Crippen LogP contribution in [0.3, 0.4) is 0 Å². The number of hydrogen-bond acceptors (Lipinski definition) is 4. The second-order valence-electron chi connectivity index (χ2n) is 5.47. The SMILES string of the molecule is CCNc1nc(C(C)OCC)nc(C(C)(C)C)c1Br. The van der Waals surface area contributed by atoms with Crippen molar-refractivity contribution in [1.29, 1.82) is 0 Å². The van der Waals surface area contributed by atoms with Crippen LogP contribution in [-0.2, 0) is 10.2 Å². The van der Waals surface area contributed by atoms with Crippen molar-refractivity contribution >= 4 is 21.7 Å². The Morgan fingerprint density at radius 2 is 1.89 bits per heavy atom. The van der Waals surface area contributed by atoms with E-state index in [9.17, 15) is 0 Å². The van der Waals surface area contributed by atoms with Gasteiger partial charge in [0.2, 0.25) is 0 Å². The predicted molar refractivity (Wildman–Crippen MR) is 82.6 cm³/mol. The van der Waals surface area contributed by atoms with E-state index in [-0.39, 0.29) is 11.5 Å². The van der Waals surface area contributed by atoms with Crippen molar-refractivity contribution in [2.45, 2.75) is 53.1 Å². The van der Waals surface area contributed by atoms with Crippen LogP contribution in [-0.4, -0.2) is 23.1 Å². The molecule has 4 nitrogen and oxygen atoms in total. The lowest BCUT2D eigenvalue weighted by Gasteiger charge is -2.23. The highest BCUT2D eigenvalue weighted by Crippen LogP contribution is 2.33. The molecule has 0 fully saturated rings. The maximum absolute atomic E-state index is 5.60. The Labute approximate surface area is 124 Å². The molecule has 0 saturated carbocycles. The Bertz CT molecular complexity index is 429. The summed E-state index contributed by atoms with van der Waals surface area (Å²) in [7, 11) is 0. The summed E-state index contributed by atoms with van der Waals surface area (Å²) in [6.45, 7) is 13.9. The number of nitrogens with zero attached hydrogens (tertiary/aromatic N) is 2. The van der Waals surface area contributed by atoms with Gasteiger partial charge in [-0.05, 0) is 36.7 Å². The third-order valence-corrected chi connectivity index (χ3v) is 3.45. The van der Waals surface area contributed by atoms with Crippen molar-refractivity contribution in [3.63, 3.8) is 0 Å². The van der Waals surface area contributed by atoms with Gasteiger partial charge in [-0.25, -0.2) is 9.97 Å². The van der Waals surface area contributed by atoms with Gasteiger partial charge in [0, 0.05) is 18.6 Å². The van der Waals surface area contributed by atoms with Crippen LogP contribution in [0.15, 0.2) is 4.47 Å². The predicted octanol–water partition coefficient (Wildman–Crippen LogP) is 4.07. The van der Waals surface area contributed by atoms with Crippen molar-refractivity contribution in [1.82, 2.24) is 9.97 Å². The summed E-state index contributed by atoms with van der Waals surface area (Å²) >= 11 is 3.61. The molecule has 0 bridgehead atoms. The minimum absolute atomic E-state index is 0.0490. The molecule has 1 rings (SSSR count). The third-order valence-electron chi connectivity index (χ3n) is 2.70. The van der Waals surface area contributed by atoms with E-state index >= 15 is 0 Å². The molecule has 5 heteroatoms. The molecule has 1 unspecified atom stereocenters. The zero-order valence-corrected chi connectivity index (χ0v) is 14.3. The molecule has 0 aliphatic carbocycles. The first kappa shape index (κ1) is 16.4. The topological polar surface area (TPSA) is 47.0 Å². The molecule has 0 radical (unpaired) electrons. The molecule has 108 valence electrons. The van der Waals surface area contributed by atoms with Crippen molar-refractivity contribution < 1.29 is 4.74 Å². The highest BCUT2D eigenvalue weighted by molar-refractivity contribution is 9.10. The monoisotopic (exact) mass is 329 g/mol. The maximum Gasteiger partial charge on any atom is 0.159 e. The van der Waals surface area contributed by atoms with E-state index in [4.69, 9.17) is 4.74 Å². The van der Waals surface area contributed by atoms with Gasteiger partial charge in [0.1, 0.15) is 11.9 Å². The summed E-state index contributed by atoms with van der Waals surface area (Å²) in [5.41, 5.74) is 0.951. The van der Waals surface area contributed by atoms with E-state index in [1.54, 1.807) is 0 Å². The van der Waals surface area contributed by atoms with E-state index < -0.39 is 0 Å². The molecule has 0 aliphatic heterocycles. The molecule has 1 heterocycles. The maximum atomic E-state index is 5.60. The number of anilines is 1. The molecule has 1 atom stereocenters. The van der Waals surface area contributed by atoms with Crippen LogP contribution in [0.5, 0.6) is 0 Å². The van der Waals surface area contributed by atoms with Crippen molar-refractivity contribution in [3.8, 4) is 0 Å². The highest BCUT2D eigenvalue weighted by Gasteiger charge is 2.24. The Hall–Kier alpha value is -0.680. The van der Waals surface area contributed by atoms with E-state index in [1.165, 1.54) is 0 Å². The van der Waals surface area contributed by atoms with Crippen LogP contribution in [0, 0.1) is 0 Å². The van der Waals surface area contributed by atoms with Gasteiger partial charge >= 0.3 is 0 Å². The smallest absolute Gasteiger partial charge is 0.159 e. The van der Waals surface area contributed by atoms with Crippen LogP contribution >= 0.6 is 15.9 Å². The summed E-state index contributed by atoms with van der Waals surface area (Å²) in [6.07, 6.45) is -0.100. The highest BCUT2D eigenvalue weighted by atomic mass is 79.9. The lowest BCUT2D eigenvalue weighted by Crippen LogP contribution is -2.19. The molecule has 1 N–H and O–H groups in total. The van der Waals surface area contributed by atoms with E-state index in [1.807, 2.05) is 13.8 Å². The Kier molecular flexibility index (Phi) is 5.74. The molecule has 1 aromatic heterocycles. The summed E-state index contributed by atoms with van der Waals surface area (Å²) in [6, 6.07) is 0. The summed E-state index contributed by atoms with van der Waals surface area (Å²) in [4.78, 5) is 9.24. The number of halogens is 1. The van der Waals surface area contributed by atoms with Crippen LogP contribution in [0.25, 0.3) is 0 Å². The summed E-state index contributed by atoms with van der Waals surface area (Å²) in [5, 5.41) is 3.27. The van der Waals surface area contributed by atoms with Gasteiger partial charge in [0.15, 0.2) is 5.82 Å². The van der Waals surface area contributed by atoms with Crippen LogP contribution in [0.4, 0.5) is 5.82 Å². The fourth-order valence-corrected chi connectivity index (χ4v) is 2.66. The fraction of sp³-hybridized carbons (Fsp3) is 0.714. The van der Waals surface area contributed by atoms with E-state index in [0.717, 1.165) is 28.4 Å². The zero-order valence-electron chi connectivity index (χ0n) is 12.7. The van der Waals surface area contributed by atoms with Crippen LogP contribution in [0.2, 0.25) is 0 Å². The van der Waals surface area contributed by atoms with Gasteiger partial charge in [-0.15, -0.1) is 0 Å². The molecule has 19 heavy (non-hydrogen) atoms. The normalized spacial score (nSPS) is 13.4. The van der Waals surface area contributed by atoms with E-state index in [2.05, 4.69) is 58.9 Å². The lowest BCUT2D eigenvalue weighted by molar-refractivity contribution is 0.0698. The Morgan fingerprint density at radius 1 is 1.26 bits per heavy atom. The number of ether oxygens (including phenoxy) is 1. The first-order valence-corrected chi connectivity index (χ1v) is 7.53. The van der Waals surface area contributed by atoms with E-state index in [0.29, 0.717) is 6.61 Å². The molecule has 0 saturated heterocycles. The average molecular weight is 330 g/mol. The molecule has 0 aromatic carbocycles. The van der Waals surface area contributed by atoms with Crippen molar-refractivity contribution in [3.05, 3.63) is 16.0 Å². The fourth-order valence-electron chi connectivity index (χ4n) is 1.75. The quantitative estimate of drug-likeness (QED) is 0.884. The van der Waals surface area contributed by atoms with Gasteiger partial charge < -0.3 is 10.1 Å². The molecular weight excluding hydrogens is 306 g/mol. The van der Waals surface area contributed by atoms with Gasteiger partial charge in [0.25, 0.3) is 0 Å². The van der Waals surface area contributed by atoms with Gasteiger partial charge in [0.05, 0.1) is 10.2 Å². The van der Waals surface area contributed by atoms with Gasteiger partial charge in [-0.2, -0.15) is 0 Å². The molecule has 1 aromatic rings. The second-order valence-corrected chi connectivity index (χ2v) is 6.26. The largest absolute Gasteiger partial charge is 0.371 e. The number of aromatic nitrogens is 2. The second kappa shape index (κ2) is 6.66. The summed E-state index contributed by atoms with van der Waals surface area (Å²) < 4.78 is 6.54. The standard InChI is InChI=1S/C14H24BrN3O/c1-7-16-13-10(15)11(14(4,5)6)17-12(18-13)9(3)19-8-2/h9H,7-8H2,1-6H3,(H,16,17,18). The van der Waals surface area contributed by atoms with Gasteiger partial charge in [-0.1, -0.05) is 20.8 Å². The molecule has 0 amide bonds.